The fourth-order valence-electron chi connectivity index (χ4n) is 1.69. The summed E-state index contributed by atoms with van der Waals surface area (Å²) in [4.78, 5) is 13.6. The van der Waals surface area contributed by atoms with Crippen LogP contribution in [0.5, 0.6) is 0 Å². The summed E-state index contributed by atoms with van der Waals surface area (Å²) in [5, 5.41) is 8.77. The van der Waals surface area contributed by atoms with Gasteiger partial charge in [-0.05, 0) is 6.42 Å². The molecule has 1 amide bonds. The maximum atomic E-state index is 12.0. The van der Waals surface area contributed by atoms with E-state index >= 15 is 0 Å². The van der Waals surface area contributed by atoms with Crippen LogP contribution in [-0.2, 0) is 4.79 Å². The Morgan fingerprint density at radius 1 is 1.33 bits per heavy atom. The Balaban J connectivity index is 4.12. The summed E-state index contributed by atoms with van der Waals surface area (Å²) < 4.78 is 0. The van der Waals surface area contributed by atoms with Crippen LogP contribution in [0, 0.1) is 5.41 Å². The van der Waals surface area contributed by atoms with E-state index in [-0.39, 0.29) is 17.9 Å². The zero-order chi connectivity index (χ0) is 11.9. The van der Waals surface area contributed by atoms with Gasteiger partial charge in [0.1, 0.15) is 0 Å². The van der Waals surface area contributed by atoms with Crippen LogP contribution < -0.4 is 0 Å². The van der Waals surface area contributed by atoms with Crippen molar-refractivity contribution in [3.63, 3.8) is 0 Å². The second-order valence-electron chi connectivity index (χ2n) is 4.79. The Labute approximate surface area is 93.5 Å². The van der Waals surface area contributed by atoms with Crippen molar-refractivity contribution >= 4 is 5.91 Å². The molecule has 0 aromatic heterocycles. The lowest BCUT2D eigenvalue weighted by Crippen LogP contribution is -2.39. The van der Waals surface area contributed by atoms with Gasteiger partial charge >= 0.3 is 0 Å². The van der Waals surface area contributed by atoms with Crippen LogP contribution in [0.25, 0.3) is 0 Å². The van der Waals surface area contributed by atoms with Crippen molar-refractivity contribution in [2.24, 2.45) is 5.41 Å². The highest BCUT2D eigenvalue weighted by Gasteiger charge is 2.29. The number of carbonyl (C=O) groups excluding carboxylic acids is 1. The molecule has 0 saturated heterocycles. The van der Waals surface area contributed by atoms with E-state index in [1.54, 1.807) is 11.9 Å². The summed E-state index contributed by atoms with van der Waals surface area (Å²) >= 11 is 0. The van der Waals surface area contributed by atoms with Gasteiger partial charge in [0.2, 0.25) is 5.91 Å². The van der Waals surface area contributed by atoms with Gasteiger partial charge in [0.25, 0.3) is 0 Å². The Bertz CT molecular complexity index is 190. The molecule has 1 N–H and O–H groups in total. The van der Waals surface area contributed by atoms with Crippen molar-refractivity contribution in [1.82, 2.24) is 4.90 Å². The van der Waals surface area contributed by atoms with Crippen LogP contribution in [-0.4, -0.2) is 36.1 Å². The molecule has 0 spiro atoms. The number of carbonyl (C=O) groups is 1. The lowest BCUT2D eigenvalue weighted by atomic mass is 9.85. The summed E-state index contributed by atoms with van der Waals surface area (Å²) in [6.07, 6.45) is 4.38. The maximum absolute atomic E-state index is 12.0. The molecule has 0 aliphatic carbocycles. The molecule has 0 saturated carbocycles. The Hall–Kier alpha value is -0.570. The predicted molar refractivity (Wildman–Crippen MR) is 62.6 cm³/mol. The van der Waals surface area contributed by atoms with Gasteiger partial charge in [0, 0.05) is 19.0 Å². The van der Waals surface area contributed by atoms with Crippen LogP contribution in [0.3, 0.4) is 0 Å². The Kier molecular flexibility index (Phi) is 6.57. The van der Waals surface area contributed by atoms with Gasteiger partial charge in [-0.1, -0.05) is 40.0 Å². The van der Waals surface area contributed by atoms with Crippen molar-refractivity contribution in [3.05, 3.63) is 0 Å². The van der Waals surface area contributed by atoms with Gasteiger partial charge in [0.05, 0.1) is 6.61 Å². The van der Waals surface area contributed by atoms with Crippen LogP contribution in [0.1, 0.15) is 46.5 Å². The normalized spacial score (nSPS) is 11.5. The molecule has 0 fully saturated rings. The Morgan fingerprint density at radius 3 is 2.40 bits per heavy atom. The minimum atomic E-state index is -0.293. The summed E-state index contributed by atoms with van der Waals surface area (Å²) in [7, 11) is 1.75. The minimum Gasteiger partial charge on any atom is -0.395 e. The highest BCUT2D eigenvalue weighted by molar-refractivity contribution is 5.81. The van der Waals surface area contributed by atoms with Crippen LogP contribution in [0.4, 0.5) is 0 Å². The Morgan fingerprint density at radius 2 is 1.93 bits per heavy atom. The van der Waals surface area contributed by atoms with Gasteiger partial charge in [-0.3, -0.25) is 4.79 Å². The summed E-state index contributed by atoms with van der Waals surface area (Å²) in [6.45, 7) is 6.59. The monoisotopic (exact) mass is 215 g/mol. The fraction of sp³-hybridized carbons (Fsp3) is 0.917. The van der Waals surface area contributed by atoms with Gasteiger partial charge in [-0.25, -0.2) is 0 Å². The third-order valence-corrected chi connectivity index (χ3v) is 2.77. The highest BCUT2D eigenvalue weighted by Crippen LogP contribution is 2.25. The molecule has 0 atom stereocenters. The number of aliphatic hydroxyl groups is 1. The number of rotatable bonds is 7. The molecule has 3 nitrogen and oxygen atoms in total. The van der Waals surface area contributed by atoms with Crippen LogP contribution >= 0.6 is 0 Å². The molecule has 0 aliphatic heterocycles. The zero-order valence-corrected chi connectivity index (χ0v) is 10.5. The molecule has 15 heavy (non-hydrogen) atoms. The van der Waals surface area contributed by atoms with E-state index in [0.717, 1.165) is 12.8 Å². The second kappa shape index (κ2) is 6.83. The predicted octanol–water partition coefficient (Wildman–Crippen LogP) is 2.04. The van der Waals surface area contributed by atoms with Crippen LogP contribution in [0.2, 0.25) is 0 Å². The molecule has 0 aliphatic rings. The fourth-order valence-corrected chi connectivity index (χ4v) is 1.69. The summed E-state index contributed by atoms with van der Waals surface area (Å²) in [5.41, 5.74) is -0.293. The SMILES string of the molecule is CCCCCC(C)(C)C(=O)N(C)CCO. The van der Waals surface area contributed by atoms with Crippen molar-refractivity contribution in [1.29, 1.82) is 0 Å². The summed E-state index contributed by atoms with van der Waals surface area (Å²) in [5.74, 6) is 0.132. The first kappa shape index (κ1) is 14.4. The van der Waals surface area contributed by atoms with E-state index in [1.165, 1.54) is 12.8 Å². The van der Waals surface area contributed by atoms with Gasteiger partial charge in [-0.2, -0.15) is 0 Å². The van der Waals surface area contributed by atoms with Gasteiger partial charge in [-0.15, -0.1) is 0 Å². The quantitative estimate of drug-likeness (QED) is 0.660. The van der Waals surface area contributed by atoms with Crippen molar-refractivity contribution in [2.45, 2.75) is 46.5 Å². The number of hydrogen-bond acceptors (Lipinski definition) is 2. The average molecular weight is 215 g/mol. The van der Waals surface area contributed by atoms with Crippen molar-refractivity contribution in [3.8, 4) is 0 Å². The molecular weight excluding hydrogens is 190 g/mol. The molecule has 0 unspecified atom stereocenters. The second-order valence-corrected chi connectivity index (χ2v) is 4.79. The number of likely N-dealkylation sites (N-methyl/N-ethyl adjacent to an activating group) is 1. The van der Waals surface area contributed by atoms with E-state index < -0.39 is 0 Å². The maximum Gasteiger partial charge on any atom is 0.228 e. The molecule has 0 aromatic carbocycles. The number of amides is 1. The van der Waals surface area contributed by atoms with Crippen molar-refractivity contribution in [2.75, 3.05) is 20.2 Å². The molecule has 0 aromatic rings. The van der Waals surface area contributed by atoms with E-state index in [0.29, 0.717) is 6.54 Å². The first-order valence-electron chi connectivity index (χ1n) is 5.82. The van der Waals surface area contributed by atoms with E-state index in [4.69, 9.17) is 5.11 Å². The van der Waals surface area contributed by atoms with Gasteiger partial charge in [0.15, 0.2) is 0 Å². The molecular formula is C12H25NO2. The highest BCUT2D eigenvalue weighted by atomic mass is 16.3. The standard InChI is InChI=1S/C12H25NO2/c1-5-6-7-8-12(2,3)11(15)13(4)9-10-14/h14H,5-10H2,1-4H3. The van der Waals surface area contributed by atoms with E-state index in [2.05, 4.69) is 6.92 Å². The molecule has 0 bridgehead atoms. The molecule has 3 heteroatoms. The van der Waals surface area contributed by atoms with E-state index in [1.807, 2.05) is 13.8 Å². The first-order valence-corrected chi connectivity index (χ1v) is 5.82. The van der Waals surface area contributed by atoms with E-state index in [9.17, 15) is 4.79 Å². The lowest BCUT2D eigenvalue weighted by Gasteiger charge is -2.29. The number of aliphatic hydroxyl groups excluding tert-OH is 1. The molecule has 0 rings (SSSR count). The molecule has 0 radical (unpaired) electrons. The third kappa shape index (κ3) is 5.17. The number of unbranched alkanes of at least 4 members (excludes halogenated alkanes) is 2. The zero-order valence-electron chi connectivity index (χ0n) is 10.5. The largest absolute Gasteiger partial charge is 0.395 e. The lowest BCUT2D eigenvalue weighted by molar-refractivity contribution is -0.139. The molecule has 90 valence electrons. The van der Waals surface area contributed by atoms with Gasteiger partial charge < -0.3 is 10.0 Å². The topological polar surface area (TPSA) is 40.5 Å². The average Bonchev–Trinajstić information content (AvgIpc) is 2.17. The smallest absolute Gasteiger partial charge is 0.228 e. The summed E-state index contributed by atoms with van der Waals surface area (Å²) in [6, 6.07) is 0. The minimum absolute atomic E-state index is 0.0350. The molecule has 0 heterocycles. The number of nitrogens with zero attached hydrogens (tertiary/aromatic N) is 1. The number of hydrogen-bond donors (Lipinski definition) is 1. The van der Waals surface area contributed by atoms with Crippen LogP contribution in [0.15, 0.2) is 0 Å². The third-order valence-electron chi connectivity index (χ3n) is 2.77. The van der Waals surface area contributed by atoms with Crippen molar-refractivity contribution < 1.29 is 9.90 Å². The first-order chi connectivity index (χ1) is 6.95.